The largest absolute Gasteiger partial charge is 0.497 e. The highest BCUT2D eigenvalue weighted by Gasteiger charge is 2.14. The van der Waals surface area contributed by atoms with E-state index in [2.05, 4.69) is 4.74 Å². The van der Waals surface area contributed by atoms with Crippen molar-refractivity contribution >= 4 is 5.97 Å². The molecule has 0 aliphatic carbocycles. The number of carbonyl (C=O) groups excluding carboxylic acids is 1. The van der Waals surface area contributed by atoms with Crippen LogP contribution in [0.2, 0.25) is 0 Å². The topological polar surface area (TPSA) is 44.8 Å². The molecule has 4 heteroatoms. The number of rotatable bonds is 4. The summed E-state index contributed by atoms with van der Waals surface area (Å²) in [5.41, 5.74) is 0. The Labute approximate surface area is 88.8 Å². The van der Waals surface area contributed by atoms with Crippen molar-refractivity contribution in [2.45, 2.75) is 13.0 Å². The molecule has 82 valence electrons. The van der Waals surface area contributed by atoms with Crippen molar-refractivity contribution in [3.63, 3.8) is 0 Å². The zero-order chi connectivity index (χ0) is 11.3. The minimum absolute atomic E-state index is 0.405. The SMILES string of the molecule is COC(=O)[C@H](C)Oc1cccc(OC)c1. The molecular weight excluding hydrogens is 196 g/mol. The van der Waals surface area contributed by atoms with Gasteiger partial charge in [-0.3, -0.25) is 0 Å². The van der Waals surface area contributed by atoms with Crippen molar-refractivity contribution in [3.05, 3.63) is 24.3 Å². The number of carbonyl (C=O) groups is 1. The van der Waals surface area contributed by atoms with Gasteiger partial charge in [-0.05, 0) is 19.1 Å². The highest BCUT2D eigenvalue weighted by atomic mass is 16.6. The molecule has 0 saturated heterocycles. The summed E-state index contributed by atoms with van der Waals surface area (Å²) in [7, 11) is 2.90. The molecule has 0 radical (unpaired) electrons. The van der Waals surface area contributed by atoms with Crippen LogP contribution in [0.25, 0.3) is 0 Å². The van der Waals surface area contributed by atoms with Crippen LogP contribution in [0.4, 0.5) is 0 Å². The average Bonchev–Trinajstić information content (AvgIpc) is 2.28. The number of esters is 1. The van der Waals surface area contributed by atoms with Gasteiger partial charge in [0.1, 0.15) is 11.5 Å². The average molecular weight is 210 g/mol. The highest BCUT2D eigenvalue weighted by molar-refractivity contribution is 5.74. The van der Waals surface area contributed by atoms with Crippen molar-refractivity contribution in [2.24, 2.45) is 0 Å². The minimum Gasteiger partial charge on any atom is -0.497 e. The molecule has 0 spiro atoms. The van der Waals surface area contributed by atoms with E-state index < -0.39 is 12.1 Å². The van der Waals surface area contributed by atoms with E-state index in [1.807, 2.05) is 0 Å². The Kier molecular flexibility index (Phi) is 3.97. The molecule has 15 heavy (non-hydrogen) atoms. The van der Waals surface area contributed by atoms with Gasteiger partial charge in [0.05, 0.1) is 14.2 Å². The fraction of sp³-hybridized carbons (Fsp3) is 0.364. The molecule has 0 N–H and O–H groups in total. The van der Waals surface area contributed by atoms with Crippen LogP contribution >= 0.6 is 0 Å². The van der Waals surface area contributed by atoms with E-state index in [4.69, 9.17) is 9.47 Å². The van der Waals surface area contributed by atoms with E-state index in [1.165, 1.54) is 7.11 Å². The Hall–Kier alpha value is -1.71. The third kappa shape index (κ3) is 3.16. The van der Waals surface area contributed by atoms with Crippen molar-refractivity contribution in [2.75, 3.05) is 14.2 Å². The Morgan fingerprint density at radius 1 is 1.27 bits per heavy atom. The summed E-state index contributed by atoms with van der Waals surface area (Å²) >= 11 is 0. The molecule has 0 amide bonds. The van der Waals surface area contributed by atoms with Gasteiger partial charge in [-0.25, -0.2) is 4.79 Å². The van der Waals surface area contributed by atoms with Crippen molar-refractivity contribution in [3.8, 4) is 11.5 Å². The predicted molar refractivity (Wildman–Crippen MR) is 55.1 cm³/mol. The number of methoxy groups -OCH3 is 2. The lowest BCUT2D eigenvalue weighted by Crippen LogP contribution is -2.24. The van der Waals surface area contributed by atoms with Crippen LogP contribution in [0.15, 0.2) is 24.3 Å². The van der Waals surface area contributed by atoms with Gasteiger partial charge in [0.15, 0.2) is 6.10 Å². The van der Waals surface area contributed by atoms with E-state index in [0.717, 1.165) is 0 Å². The summed E-state index contributed by atoms with van der Waals surface area (Å²) in [6.45, 7) is 1.63. The molecule has 1 aromatic carbocycles. The number of benzene rings is 1. The fourth-order valence-corrected chi connectivity index (χ4v) is 1.09. The molecule has 0 unspecified atom stereocenters. The normalized spacial score (nSPS) is 11.7. The highest BCUT2D eigenvalue weighted by Crippen LogP contribution is 2.19. The lowest BCUT2D eigenvalue weighted by molar-refractivity contribution is -0.147. The Bertz CT molecular complexity index is 335. The summed E-state index contributed by atoms with van der Waals surface area (Å²) in [5.74, 6) is 0.856. The second-order valence-corrected chi connectivity index (χ2v) is 2.96. The van der Waals surface area contributed by atoms with Crippen LogP contribution in [-0.4, -0.2) is 26.3 Å². The molecule has 0 bridgehead atoms. The van der Waals surface area contributed by atoms with E-state index in [9.17, 15) is 4.79 Å². The lowest BCUT2D eigenvalue weighted by Gasteiger charge is -2.12. The number of hydrogen-bond donors (Lipinski definition) is 0. The Morgan fingerprint density at radius 3 is 2.53 bits per heavy atom. The van der Waals surface area contributed by atoms with Crippen LogP contribution < -0.4 is 9.47 Å². The third-order valence-electron chi connectivity index (χ3n) is 1.89. The van der Waals surface area contributed by atoms with Crippen molar-refractivity contribution in [1.82, 2.24) is 0 Å². The number of hydrogen-bond acceptors (Lipinski definition) is 4. The monoisotopic (exact) mass is 210 g/mol. The Balaban J connectivity index is 2.67. The maximum absolute atomic E-state index is 11.1. The summed E-state index contributed by atoms with van der Waals surface area (Å²) < 4.78 is 14.9. The zero-order valence-electron chi connectivity index (χ0n) is 9.02. The second-order valence-electron chi connectivity index (χ2n) is 2.96. The summed E-state index contributed by atoms with van der Waals surface area (Å²) in [4.78, 5) is 11.1. The summed E-state index contributed by atoms with van der Waals surface area (Å²) in [6, 6.07) is 7.05. The van der Waals surface area contributed by atoms with E-state index in [-0.39, 0.29) is 0 Å². The zero-order valence-corrected chi connectivity index (χ0v) is 9.02. The van der Waals surface area contributed by atoms with E-state index in [0.29, 0.717) is 11.5 Å². The van der Waals surface area contributed by atoms with Gasteiger partial charge in [-0.15, -0.1) is 0 Å². The van der Waals surface area contributed by atoms with Gasteiger partial charge in [0, 0.05) is 6.07 Å². The summed E-state index contributed by atoms with van der Waals surface area (Å²) in [5, 5.41) is 0. The third-order valence-corrected chi connectivity index (χ3v) is 1.89. The van der Waals surface area contributed by atoms with Crippen LogP contribution in [0.3, 0.4) is 0 Å². The van der Waals surface area contributed by atoms with Crippen molar-refractivity contribution in [1.29, 1.82) is 0 Å². The molecule has 0 aromatic heterocycles. The van der Waals surface area contributed by atoms with Gasteiger partial charge in [-0.1, -0.05) is 6.07 Å². The molecule has 1 aromatic rings. The van der Waals surface area contributed by atoms with Gasteiger partial charge in [-0.2, -0.15) is 0 Å². The first-order chi connectivity index (χ1) is 7.17. The molecule has 0 saturated carbocycles. The van der Waals surface area contributed by atoms with Crippen LogP contribution in [0.5, 0.6) is 11.5 Å². The summed E-state index contributed by atoms with van der Waals surface area (Å²) in [6.07, 6.45) is -0.623. The van der Waals surface area contributed by atoms with E-state index >= 15 is 0 Å². The van der Waals surface area contributed by atoms with E-state index in [1.54, 1.807) is 38.3 Å². The number of ether oxygens (including phenoxy) is 3. The molecule has 0 aliphatic rings. The second kappa shape index (κ2) is 5.24. The Morgan fingerprint density at radius 2 is 1.93 bits per heavy atom. The molecular formula is C11H14O4. The van der Waals surface area contributed by atoms with Gasteiger partial charge in [0.2, 0.25) is 0 Å². The van der Waals surface area contributed by atoms with Crippen LogP contribution in [0.1, 0.15) is 6.92 Å². The first-order valence-electron chi connectivity index (χ1n) is 4.56. The molecule has 4 nitrogen and oxygen atoms in total. The lowest BCUT2D eigenvalue weighted by atomic mass is 10.3. The van der Waals surface area contributed by atoms with Gasteiger partial charge in [0.25, 0.3) is 0 Å². The molecule has 1 rings (SSSR count). The quantitative estimate of drug-likeness (QED) is 0.708. The first kappa shape index (κ1) is 11.4. The molecule has 0 fully saturated rings. The van der Waals surface area contributed by atoms with Crippen LogP contribution in [-0.2, 0) is 9.53 Å². The van der Waals surface area contributed by atoms with Crippen LogP contribution in [0, 0.1) is 0 Å². The fourth-order valence-electron chi connectivity index (χ4n) is 1.09. The smallest absolute Gasteiger partial charge is 0.346 e. The predicted octanol–water partition coefficient (Wildman–Crippen LogP) is 1.64. The molecule has 0 aliphatic heterocycles. The maximum atomic E-state index is 11.1. The molecule has 0 heterocycles. The van der Waals surface area contributed by atoms with Gasteiger partial charge >= 0.3 is 5.97 Å². The molecule has 1 atom stereocenters. The standard InChI is InChI=1S/C11H14O4/c1-8(11(12)14-3)15-10-6-4-5-9(7-10)13-2/h4-8H,1-3H3/t8-/m0/s1. The first-order valence-corrected chi connectivity index (χ1v) is 4.56. The maximum Gasteiger partial charge on any atom is 0.346 e. The van der Waals surface area contributed by atoms with Crippen molar-refractivity contribution < 1.29 is 19.0 Å². The van der Waals surface area contributed by atoms with Gasteiger partial charge < -0.3 is 14.2 Å². The minimum atomic E-state index is -0.623.